The second-order valence-corrected chi connectivity index (χ2v) is 5.12. The summed E-state index contributed by atoms with van der Waals surface area (Å²) in [6, 6.07) is 17.4. The lowest BCUT2D eigenvalue weighted by Gasteiger charge is -2.09. The highest BCUT2D eigenvalue weighted by atomic mass is 16.5. The number of benzene rings is 2. The summed E-state index contributed by atoms with van der Waals surface area (Å²) >= 11 is 0. The van der Waals surface area contributed by atoms with E-state index in [0.29, 0.717) is 11.1 Å². The first-order valence-electron chi connectivity index (χ1n) is 7.59. The molecular formula is C20H18O4. The van der Waals surface area contributed by atoms with Crippen molar-refractivity contribution in [2.75, 3.05) is 0 Å². The van der Waals surface area contributed by atoms with Gasteiger partial charge in [0.15, 0.2) is 12.2 Å². The first-order chi connectivity index (χ1) is 11.6. The van der Waals surface area contributed by atoms with Crippen LogP contribution in [0.1, 0.15) is 34.6 Å². The van der Waals surface area contributed by atoms with Gasteiger partial charge in [0.05, 0.1) is 11.1 Å². The first kappa shape index (κ1) is 17.3. The molecule has 0 heterocycles. The Balaban J connectivity index is 1.87. The Kier molecular flexibility index (Phi) is 6.16. The highest BCUT2D eigenvalue weighted by Crippen LogP contribution is 2.05. The molecule has 0 aliphatic heterocycles. The van der Waals surface area contributed by atoms with Crippen molar-refractivity contribution in [3.05, 3.63) is 71.8 Å². The van der Waals surface area contributed by atoms with Gasteiger partial charge in [0.25, 0.3) is 0 Å². The molecule has 4 nitrogen and oxygen atoms in total. The minimum atomic E-state index is -0.601. The van der Waals surface area contributed by atoms with Gasteiger partial charge in [-0.3, -0.25) is 0 Å². The lowest BCUT2D eigenvalue weighted by molar-refractivity contribution is 0.0412. The summed E-state index contributed by atoms with van der Waals surface area (Å²) in [5.74, 6) is 4.66. The predicted octanol–water partition coefficient (Wildman–Crippen LogP) is 3.48. The van der Waals surface area contributed by atoms with Crippen LogP contribution in [0.15, 0.2) is 60.7 Å². The number of hydrogen-bond acceptors (Lipinski definition) is 4. The van der Waals surface area contributed by atoms with Crippen molar-refractivity contribution >= 4 is 11.9 Å². The summed E-state index contributed by atoms with van der Waals surface area (Å²) in [6.45, 7) is 3.33. The Morgan fingerprint density at radius 2 is 1.04 bits per heavy atom. The zero-order chi connectivity index (χ0) is 17.4. The third-order valence-electron chi connectivity index (χ3n) is 3.08. The van der Waals surface area contributed by atoms with Gasteiger partial charge < -0.3 is 9.47 Å². The number of rotatable bonds is 4. The number of esters is 2. The lowest BCUT2D eigenvalue weighted by atomic mass is 10.2. The summed E-state index contributed by atoms with van der Waals surface area (Å²) in [4.78, 5) is 23.8. The van der Waals surface area contributed by atoms with Gasteiger partial charge in [-0.05, 0) is 38.1 Å². The number of carbonyl (C=O) groups excluding carboxylic acids is 2. The average molecular weight is 322 g/mol. The Labute approximate surface area is 141 Å². The summed E-state index contributed by atoms with van der Waals surface area (Å²) in [7, 11) is 0. The van der Waals surface area contributed by atoms with Crippen LogP contribution in [-0.2, 0) is 9.47 Å². The van der Waals surface area contributed by atoms with Crippen LogP contribution in [0.2, 0.25) is 0 Å². The second-order valence-electron chi connectivity index (χ2n) is 5.12. The van der Waals surface area contributed by atoms with E-state index in [9.17, 15) is 9.59 Å². The summed E-state index contributed by atoms with van der Waals surface area (Å²) in [5.41, 5.74) is 0.935. The fourth-order valence-electron chi connectivity index (χ4n) is 1.90. The molecular weight excluding hydrogens is 304 g/mol. The maximum Gasteiger partial charge on any atom is 0.339 e. The Morgan fingerprint density at radius 3 is 1.38 bits per heavy atom. The van der Waals surface area contributed by atoms with Gasteiger partial charge in [0.1, 0.15) is 0 Å². The van der Waals surface area contributed by atoms with Gasteiger partial charge >= 0.3 is 11.9 Å². The number of hydrogen-bond donors (Lipinski definition) is 0. The molecule has 4 heteroatoms. The van der Waals surface area contributed by atoms with Gasteiger partial charge in [-0.1, -0.05) is 48.2 Å². The fourth-order valence-corrected chi connectivity index (χ4v) is 1.90. The van der Waals surface area contributed by atoms with E-state index < -0.39 is 24.1 Å². The Bertz CT molecular complexity index is 678. The highest BCUT2D eigenvalue weighted by Gasteiger charge is 2.11. The van der Waals surface area contributed by atoms with Gasteiger partial charge in [-0.25, -0.2) is 9.59 Å². The van der Waals surface area contributed by atoms with E-state index in [1.165, 1.54) is 0 Å². The molecule has 0 radical (unpaired) electrons. The van der Waals surface area contributed by atoms with Crippen molar-refractivity contribution in [3.8, 4) is 11.8 Å². The van der Waals surface area contributed by atoms with E-state index in [1.54, 1.807) is 62.4 Å². The van der Waals surface area contributed by atoms with Crippen molar-refractivity contribution in [1.29, 1.82) is 0 Å². The Hall–Kier alpha value is -3.06. The van der Waals surface area contributed by atoms with E-state index in [1.807, 2.05) is 12.1 Å². The normalized spacial score (nSPS) is 12.2. The van der Waals surface area contributed by atoms with Gasteiger partial charge in [-0.15, -0.1) is 0 Å². The van der Waals surface area contributed by atoms with Crippen LogP contribution in [0.4, 0.5) is 0 Å². The maximum atomic E-state index is 11.9. The molecule has 122 valence electrons. The van der Waals surface area contributed by atoms with Gasteiger partial charge in [-0.2, -0.15) is 0 Å². The monoisotopic (exact) mass is 322 g/mol. The molecule has 2 aromatic rings. The summed E-state index contributed by atoms with van der Waals surface area (Å²) in [5, 5.41) is 0. The van der Waals surface area contributed by atoms with Crippen LogP contribution in [0.5, 0.6) is 0 Å². The molecule has 0 saturated heterocycles. The van der Waals surface area contributed by atoms with E-state index in [2.05, 4.69) is 11.8 Å². The minimum Gasteiger partial charge on any atom is -0.446 e. The van der Waals surface area contributed by atoms with Crippen LogP contribution in [0.25, 0.3) is 0 Å². The lowest BCUT2D eigenvalue weighted by Crippen LogP contribution is -2.16. The third kappa shape index (κ3) is 5.29. The van der Waals surface area contributed by atoms with E-state index in [0.717, 1.165) is 0 Å². The van der Waals surface area contributed by atoms with Crippen LogP contribution in [-0.4, -0.2) is 24.1 Å². The largest absolute Gasteiger partial charge is 0.446 e. The van der Waals surface area contributed by atoms with Gasteiger partial charge in [0, 0.05) is 0 Å². The average Bonchev–Trinajstić information content (AvgIpc) is 2.61. The van der Waals surface area contributed by atoms with Crippen molar-refractivity contribution < 1.29 is 19.1 Å². The SMILES string of the molecule is CC(C#CC(C)OC(=O)c1ccccc1)OC(=O)c1ccccc1. The van der Waals surface area contributed by atoms with Crippen molar-refractivity contribution in [2.45, 2.75) is 26.1 Å². The molecule has 0 saturated carbocycles. The van der Waals surface area contributed by atoms with Crippen molar-refractivity contribution in [1.82, 2.24) is 0 Å². The van der Waals surface area contributed by atoms with Crippen LogP contribution >= 0.6 is 0 Å². The first-order valence-corrected chi connectivity index (χ1v) is 7.59. The molecule has 2 rings (SSSR count). The quantitative estimate of drug-likeness (QED) is 0.639. The minimum absolute atomic E-state index is 0.439. The molecule has 2 atom stereocenters. The molecule has 24 heavy (non-hydrogen) atoms. The standard InChI is InChI=1S/C20H18O4/c1-15(23-19(21)17-9-5-3-6-10-17)13-14-16(2)24-20(22)18-11-7-4-8-12-18/h3-12,15-16H,1-2H3. The Morgan fingerprint density at radius 1 is 0.708 bits per heavy atom. The van der Waals surface area contributed by atoms with E-state index in [-0.39, 0.29) is 0 Å². The van der Waals surface area contributed by atoms with E-state index >= 15 is 0 Å². The summed E-state index contributed by atoms with van der Waals surface area (Å²) < 4.78 is 10.4. The topological polar surface area (TPSA) is 52.6 Å². The molecule has 0 N–H and O–H groups in total. The molecule has 0 fully saturated rings. The zero-order valence-electron chi connectivity index (χ0n) is 13.6. The predicted molar refractivity (Wildman–Crippen MR) is 90.4 cm³/mol. The molecule has 0 spiro atoms. The molecule has 0 aliphatic carbocycles. The smallest absolute Gasteiger partial charge is 0.339 e. The molecule has 2 unspecified atom stereocenters. The highest BCUT2D eigenvalue weighted by molar-refractivity contribution is 5.90. The molecule has 2 aromatic carbocycles. The number of carbonyl (C=O) groups is 2. The molecule has 0 bridgehead atoms. The van der Waals surface area contributed by atoms with Crippen molar-refractivity contribution in [3.63, 3.8) is 0 Å². The molecule has 0 aliphatic rings. The fraction of sp³-hybridized carbons (Fsp3) is 0.200. The second kappa shape index (κ2) is 8.54. The van der Waals surface area contributed by atoms with Crippen molar-refractivity contribution in [2.24, 2.45) is 0 Å². The van der Waals surface area contributed by atoms with E-state index in [4.69, 9.17) is 9.47 Å². The molecule has 0 amide bonds. The van der Waals surface area contributed by atoms with Crippen LogP contribution in [0.3, 0.4) is 0 Å². The van der Waals surface area contributed by atoms with Crippen LogP contribution < -0.4 is 0 Å². The zero-order valence-corrected chi connectivity index (χ0v) is 13.6. The van der Waals surface area contributed by atoms with Crippen LogP contribution in [0, 0.1) is 11.8 Å². The third-order valence-corrected chi connectivity index (χ3v) is 3.08. The van der Waals surface area contributed by atoms with Gasteiger partial charge in [0.2, 0.25) is 0 Å². The molecule has 0 aromatic heterocycles. The maximum absolute atomic E-state index is 11.9. The summed E-state index contributed by atoms with van der Waals surface area (Å²) in [6.07, 6.45) is -1.20. The number of ether oxygens (including phenoxy) is 2.